The Labute approximate surface area is 215 Å². The Morgan fingerprint density at radius 1 is 0.889 bits per heavy atom. The van der Waals surface area contributed by atoms with Crippen LogP contribution in [0.15, 0.2) is 72.8 Å². The molecule has 0 heterocycles. The molecule has 0 spiro atoms. The molecular formula is C31H38N2O3. The zero-order chi connectivity index (χ0) is 26.3. The molecule has 0 saturated heterocycles. The summed E-state index contributed by atoms with van der Waals surface area (Å²) < 4.78 is 5.96. The summed E-state index contributed by atoms with van der Waals surface area (Å²) in [6, 6.07) is 23.0. The summed E-state index contributed by atoms with van der Waals surface area (Å²) in [6.07, 6.45) is 0.407. The maximum atomic E-state index is 13.7. The van der Waals surface area contributed by atoms with Crippen LogP contribution in [0.1, 0.15) is 48.6 Å². The molecule has 2 amide bonds. The summed E-state index contributed by atoms with van der Waals surface area (Å²) in [7, 11) is 0. The normalized spacial score (nSPS) is 12.1. The molecule has 0 saturated carbocycles. The van der Waals surface area contributed by atoms with E-state index in [9.17, 15) is 9.59 Å². The molecule has 5 nitrogen and oxygen atoms in total. The maximum absolute atomic E-state index is 13.7. The van der Waals surface area contributed by atoms with Gasteiger partial charge in [-0.15, -0.1) is 0 Å². The molecule has 0 radical (unpaired) electrons. The minimum atomic E-state index is -0.693. The molecule has 0 bridgehead atoms. The molecule has 1 unspecified atom stereocenters. The van der Waals surface area contributed by atoms with Gasteiger partial charge in [-0.25, -0.2) is 0 Å². The van der Waals surface area contributed by atoms with Crippen molar-refractivity contribution in [2.75, 3.05) is 6.61 Å². The summed E-state index contributed by atoms with van der Waals surface area (Å²) in [5.74, 6) is 0.256. The minimum absolute atomic E-state index is 0.149. The Morgan fingerprint density at radius 2 is 1.56 bits per heavy atom. The first-order valence-corrected chi connectivity index (χ1v) is 12.4. The van der Waals surface area contributed by atoms with Gasteiger partial charge in [0.1, 0.15) is 11.8 Å². The average Bonchev–Trinajstić information content (AvgIpc) is 2.81. The molecule has 3 aromatic carbocycles. The van der Waals surface area contributed by atoms with E-state index >= 15 is 0 Å². The van der Waals surface area contributed by atoms with Crippen LogP contribution in [-0.4, -0.2) is 34.9 Å². The van der Waals surface area contributed by atoms with E-state index in [1.54, 1.807) is 4.90 Å². The fourth-order valence-corrected chi connectivity index (χ4v) is 4.16. The number of benzene rings is 3. The number of hydrogen-bond donors (Lipinski definition) is 1. The second-order valence-corrected chi connectivity index (χ2v) is 10.5. The zero-order valence-electron chi connectivity index (χ0n) is 22.3. The molecule has 0 aliphatic heterocycles. The standard InChI is InChI=1S/C31H38N2O3/c1-22-16-17-28(24(3)18-22)36-21-29(34)33(20-26-15-11-10-12-23(26)2)27(30(35)32-31(4,5)6)19-25-13-8-7-9-14-25/h7-18,27H,19-21H2,1-6H3,(H,32,35). The van der Waals surface area contributed by atoms with E-state index in [2.05, 4.69) is 5.32 Å². The van der Waals surface area contributed by atoms with Crippen molar-refractivity contribution in [2.45, 2.75) is 66.1 Å². The number of aryl methyl sites for hydroxylation is 3. The van der Waals surface area contributed by atoms with Crippen LogP contribution in [-0.2, 0) is 22.6 Å². The van der Waals surface area contributed by atoms with E-state index in [0.29, 0.717) is 18.7 Å². The highest BCUT2D eigenvalue weighted by molar-refractivity contribution is 5.89. The van der Waals surface area contributed by atoms with Gasteiger partial charge < -0.3 is 15.0 Å². The van der Waals surface area contributed by atoms with Gasteiger partial charge in [-0.1, -0.05) is 72.3 Å². The third-order valence-corrected chi connectivity index (χ3v) is 6.05. The van der Waals surface area contributed by atoms with Crippen molar-refractivity contribution in [3.63, 3.8) is 0 Å². The summed E-state index contributed by atoms with van der Waals surface area (Å²) in [6.45, 7) is 12.0. The van der Waals surface area contributed by atoms with Crippen LogP contribution in [0, 0.1) is 20.8 Å². The SMILES string of the molecule is Cc1ccc(OCC(=O)N(Cc2ccccc2C)C(Cc2ccccc2)C(=O)NC(C)(C)C)c(C)c1. The Balaban J connectivity index is 1.95. The van der Waals surface area contributed by atoms with Gasteiger partial charge in [0.05, 0.1) is 0 Å². The van der Waals surface area contributed by atoms with Gasteiger partial charge in [0, 0.05) is 18.5 Å². The number of rotatable bonds is 9. The van der Waals surface area contributed by atoms with Crippen LogP contribution in [0.25, 0.3) is 0 Å². The van der Waals surface area contributed by atoms with Gasteiger partial charge in [-0.2, -0.15) is 0 Å². The van der Waals surface area contributed by atoms with Crippen LogP contribution in [0.2, 0.25) is 0 Å². The number of amides is 2. The second kappa shape index (κ2) is 11.9. The Morgan fingerprint density at radius 3 is 2.19 bits per heavy atom. The van der Waals surface area contributed by atoms with Crippen LogP contribution >= 0.6 is 0 Å². The van der Waals surface area contributed by atoms with Crippen molar-refractivity contribution >= 4 is 11.8 Å². The zero-order valence-corrected chi connectivity index (χ0v) is 22.3. The topological polar surface area (TPSA) is 58.6 Å². The maximum Gasteiger partial charge on any atom is 0.261 e. The Hall–Kier alpha value is -3.60. The number of carbonyl (C=O) groups is 2. The van der Waals surface area contributed by atoms with Crippen LogP contribution in [0.4, 0.5) is 0 Å². The van der Waals surface area contributed by atoms with E-state index in [1.165, 1.54) is 0 Å². The lowest BCUT2D eigenvalue weighted by Gasteiger charge is -2.34. The van der Waals surface area contributed by atoms with E-state index in [0.717, 1.165) is 27.8 Å². The van der Waals surface area contributed by atoms with E-state index in [4.69, 9.17) is 4.74 Å². The van der Waals surface area contributed by atoms with Crippen molar-refractivity contribution in [3.8, 4) is 5.75 Å². The number of carbonyl (C=O) groups excluding carboxylic acids is 2. The van der Waals surface area contributed by atoms with Gasteiger partial charge in [0.15, 0.2) is 6.61 Å². The lowest BCUT2D eigenvalue weighted by Crippen LogP contribution is -2.55. The second-order valence-electron chi connectivity index (χ2n) is 10.5. The number of hydrogen-bond acceptors (Lipinski definition) is 3. The molecular weight excluding hydrogens is 448 g/mol. The van der Waals surface area contributed by atoms with Crippen LogP contribution < -0.4 is 10.1 Å². The Bertz CT molecular complexity index is 1180. The minimum Gasteiger partial charge on any atom is -0.483 e. The molecule has 190 valence electrons. The van der Waals surface area contributed by atoms with E-state index < -0.39 is 11.6 Å². The van der Waals surface area contributed by atoms with Gasteiger partial charge >= 0.3 is 0 Å². The van der Waals surface area contributed by atoms with Gasteiger partial charge in [0.25, 0.3) is 5.91 Å². The molecule has 0 aliphatic carbocycles. The molecule has 1 N–H and O–H groups in total. The highest BCUT2D eigenvalue weighted by Crippen LogP contribution is 2.21. The number of ether oxygens (including phenoxy) is 1. The summed E-state index contributed by atoms with van der Waals surface area (Å²) >= 11 is 0. The van der Waals surface area contributed by atoms with E-state index in [1.807, 2.05) is 114 Å². The first-order chi connectivity index (χ1) is 17.0. The van der Waals surface area contributed by atoms with Crippen molar-refractivity contribution in [1.82, 2.24) is 10.2 Å². The predicted octanol–water partition coefficient (Wildman–Crippen LogP) is 5.55. The van der Waals surface area contributed by atoms with E-state index in [-0.39, 0.29) is 18.4 Å². The third-order valence-electron chi connectivity index (χ3n) is 6.05. The lowest BCUT2D eigenvalue weighted by molar-refractivity contribution is -0.143. The number of nitrogens with zero attached hydrogens (tertiary/aromatic N) is 1. The van der Waals surface area contributed by atoms with Crippen LogP contribution in [0.5, 0.6) is 5.75 Å². The van der Waals surface area contributed by atoms with Gasteiger partial charge in [0.2, 0.25) is 5.91 Å². The molecule has 36 heavy (non-hydrogen) atoms. The summed E-state index contributed by atoms with van der Waals surface area (Å²) in [5, 5.41) is 3.09. The lowest BCUT2D eigenvalue weighted by atomic mass is 10.00. The molecule has 0 aliphatic rings. The highest BCUT2D eigenvalue weighted by Gasteiger charge is 2.32. The molecule has 3 rings (SSSR count). The largest absolute Gasteiger partial charge is 0.483 e. The van der Waals surface area contributed by atoms with Crippen LogP contribution in [0.3, 0.4) is 0 Å². The molecule has 0 aromatic heterocycles. The summed E-state index contributed by atoms with van der Waals surface area (Å²) in [4.78, 5) is 29.0. The third kappa shape index (κ3) is 7.70. The number of nitrogens with one attached hydrogen (secondary N) is 1. The molecule has 1 atom stereocenters. The van der Waals surface area contributed by atoms with Crippen molar-refractivity contribution in [1.29, 1.82) is 0 Å². The average molecular weight is 487 g/mol. The Kier molecular flexibility index (Phi) is 8.92. The van der Waals surface area contributed by atoms with Gasteiger partial charge in [-0.3, -0.25) is 9.59 Å². The smallest absolute Gasteiger partial charge is 0.261 e. The molecule has 5 heteroatoms. The molecule has 0 fully saturated rings. The van der Waals surface area contributed by atoms with Gasteiger partial charge in [-0.05, 0) is 69.9 Å². The summed E-state index contributed by atoms with van der Waals surface area (Å²) in [5.41, 5.74) is 4.73. The fourth-order valence-electron chi connectivity index (χ4n) is 4.16. The van der Waals surface area contributed by atoms with Crippen molar-refractivity contribution in [2.24, 2.45) is 0 Å². The quantitative estimate of drug-likeness (QED) is 0.432. The van der Waals surface area contributed by atoms with Crippen molar-refractivity contribution < 1.29 is 14.3 Å². The predicted molar refractivity (Wildman–Crippen MR) is 145 cm³/mol. The first-order valence-electron chi connectivity index (χ1n) is 12.4. The monoisotopic (exact) mass is 486 g/mol. The van der Waals surface area contributed by atoms with Crippen molar-refractivity contribution in [3.05, 3.63) is 101 Å². The first kappa shape index (κ1) is 27.0. The molecule has 3 aromatic rings. The highest BCUT2D eigenvalue weighted by atomic mass is 16.5. The fraction of sp³-hybridized carbons (Fsp3) is 0.355.